The third-order valence-electron chi connectivity index (χ3n) is 3.28. The average Bonchev–Trinajstić information content (AvgIpc) is 2.73. The molecule has 0 saturated carbocycles. The molecule has 0 fully saturated rings. The molecule has 2 aromatic rings. The smallest absolute Gasteiger partial charge is 0.263 e. The molecule has 0 bridgehead atoms. The maximum atomic E-state index is 12.5. The topological polar surface area (TPSA) is 22.0 Å². The summed E-state index contributed by atoms with van der Waals surface area (Å²) in [5.41, 5.74) is 2.06. The molecule has 0 N–H and O–H groups in total. The first-order valence-corrected chi connectivity index (χ1v) is 6.64. The highest BCUT2D eigenvalue weighted by atomic mass is 32.1. The van der Waals surface area contributed by atoms with E-state index in [1.54, 1.807) is 11.3 Å². The fraction of sp³-hybridized carbons (Fsp3) is 0. The highest BCUT2D eigenvalue weighted by Crippen LogP contribution is 2.29. The number of hydrogen-bond acceptors (Lipinski definition) is 2. The van der Waals surface area contributed by atoms with E-state index < -0.39 is 0 Å². The van der Waals surface area contributed by atoms with E-state index in [4.69, 9.17) is 0 Å². The second-order valence-electron chi connectivity index (χ2n) is 4.27. The van der Waals surface area contributed by atoms with Crippen molar-refractivity contribution < 1.29 is 0 Å². The molecule has 2 nitrogen and oxygen atoms in total. The standard InChI is InChI=1S/C15H9NOS/c17-15-11-6-2-1-5-10(11)13-9-18-14-8-4-3-7-12(14)16(13)15/h1-9H. The Hall–Kier alpha value is -2.13. The van der Waals surface area contributed by atoms with Gasteiger partial charge in [0.15, 0.2) is 0 Å². The lowest BCUT2D eigenvalue weighted by Crippen LogP contribution is -2.11. The fourth-order valence-electron chi connectivity index (χ4n) is 2.46. The fourth-order valence-corrected chi connectivity index (χ4v) is 3.37. The van der Waals surface area contributed by atoms with Gasteiger partial charge in [-0.05, 0) is 18.2 Å². The van der Waals surface area contributed by atoms with Crippen molar-refractivity contribution in [2.24, 2.45) is 0 Å². The Balaban J connectivity index is 2.38. The van der Waals surface area contributed by atoms with Crippen LogP contribution in [0.5, 0.6) is 0 Å². The van der Waals surface area contributed by atoms with Gasteiger partial charge >= 0.3 is 0 Å². The van der Waals surface area contributed by atoms with Crippen LogP contribution in [0.1, 0.15) is 0 Å². The van der Waals surface area contributed by atoms with Gasteiger partial charge in [0.25, 0.3) is 5.56 Å². The van der Waals surface area contributed by atoms with Gasteiger partial charge in [-0.15, -0.1) is 11.3 Å². The largest absolute Gasteiger partial charge is 0.274 e. The Morgan fingerprint density at radius 1 is 0.889 bits per heavy atom. The molecule has 0 radical (unpaired) electrons. The van der Waals surface area contributed by atoms with E-state index in [9.17, 15) is 4.79 Å². The first-order valence-electron chi connectivity index (χ1n) is 5.76. The van der Waals surface area contributed by atoms with Crippen molar-refractivity contribution in [1.29, 1.82) is 0 Å². The second kappa shape index (κ2) is 3.43. The molecule has 2 aliphatic rings. The van der Waals surface area contributed by atoms with Crippen molar-refractivity contribution in [2.45, 2.75) is 0 Å². The number of fused-ring (bicyclic) bond motifs is 5. The Kier molecular flexibility index (Phi) is 1.88. The quantitative estimate of drug-likeness (QED) is 0.467. The van der Waals surface area contributed by atoms with Crippen molar-refractivity contribution in [3.05, 3.63) is 64.3 Å². The van der Waals surface area contributed by atoms with Crippen LogP contribution in [-0.2, 0) is 0 Å². The average molecular weight is 251 g/mol. The third kappa shape index (κ3) is 1.14. The van der Waals surface area contributed by atoms with Crippen LogP contribution in [0.3, 0.4) is 0 Å². The zero-order chi connectivity index (χ0) is 12.1. The highest BCUT2D eigenvalue weighted by molar-refractivity contribution is 7.16. The molecule has 3 heteroatoms. The number of aromatic nitrogens is 1. The van der Waals surface area contributed by atoms with E-state index in [1.165, 1.54) is 0 Å². The summed E-state index contributed by atoms with van der Waals surface area (Å²) in [6, 6.07) is 15.8. The van der Waals surface area contributed by atoms with Crippen LogP contribution in [0, 0.1) is 0 Å². The molecular weight excluding hydrogens is 242 g/mol. The lowest BCUT2D eigenvalue weighted by molar-refractivity contribution is 1.10. The summed E-state index contributed by atoms with van der Waals surface area (Å²) in [6.45, 7) is 0. The molecule has 2 heterocycles. The Labute approximate surface area is 107 Å². The molecular formula is C15H9NOS. The van der Waals surface area contributed by atoms with Crippen LogP contribution in [0.25, 0.3) is 26.7 Å². The number of hydrogen-bond donors (Lipinski definition) is 0. The zero-order valence-corrected chi connectivity index (χ0v) is 10.3. The molecule has 0 atom stereocenters. The Morgan fingerprint density at radius 2 is 1.61 bits per heavy atom. The number of nitrogens with zero attached hydrogens (tertiary/aromatic N) is 1. The van der Waals surface area contributed by atoms with Gasteiger partial charge in [0.2, 0.25) is 0 Å². The van der Waals surface area contributed by atoms with Gasteiger partial charge in [0.1, 0.15) is 0 Å². The maximum absolute atomic E-state index is 12.5. The van der Waals surface area contributed by atoms with Crippen LogP contribution in [0.15, 0.2) is 58.7 Å². The lowest BCUT2D eigenvalue weighted by Gasteiger charge is -2.06. The van der Waals surface area contributed by atoms with Gasteiger partial charge in [-0.3, -0.25) is 9.36 Å². The van der Waals surface area contributed by atoms with Crippen LogP contribution in [0.2, 0.25) is 0 Å². The van der Waals surface area contributed by atoms with E-state index in [0.717, 1.165) is 26.7 Å². The minimum Gasteiger partial charge on any atom is -0.274 e. The third-order valence-corrected chi connectivity index (χ3v) is 4.22. The van der Waals surface area contributed by atoms with Crippen molar-refractivity contribution in [2.75, 3.05) is 0 Å². The van der Waals surface area contributed by atoms with Crippen molar-refractivity contribution in [3.8, 4) is 5.69 Å². The predicted octanol–water partition coefficient (Wildman–Crippen LogP) is 3.64. The molecule has 0 spiro atoms. The summed E-state index contributed by atoms with van der Waals surface area (Å²) in [4.78, 5) is 12.5. The minimum atomic E-state index is 0.0737. The SMILES string of the molecule is O=c1c2ccccc2c2csc3ccccc3n1-2. The Morgan fingerprint density at radius 3 is 2.50 bits per heavy atom. The van der Waals surface area contributed by atoms with Crippen LogP contribution >= 0.6 is 11.3 Å². The van der Waals surface area contributed by atoms with Gasteiger partial charge < -0.3 is 0 Å². The summed E-state index contributed by atoms with van der Waals surface area (Å²) in [7, 11) is 0. The van der Waals surface area contributed by atoms with E-state index in [1.807, 2.05) is 53.1 Å². The predicted molar refractivity (Wildman–Crippen MR) is 76.1 cm³/mol. The van der Waals surface area contributed by atoms with Crippen LogP contribution in [-0.4, -0.2) is 4.57 Å². The molecule has 4 rings (SSSR count). The molecule has 0 unspecified atom stereocenters. The minimum absolute atomic E-state index is 0.0737. The maximum Gasteiger partial charge on any atom is 0.263 e. The van der Waals surface area contributed by atoms with Gasteiger partial charge in [-0.2, -0.15) is 0 Å². The summed E-state index contributed by atoms with van der Waals surface area (Å²) >= 11 is 1.67. The number of para-hydroxylation sites is 1. The monoisotopic (exact) mass is 251 g/mol. The van der Waals surface area contributed by atoms with Crippen molar-refractivity contribution >= 4 is 32.3 Å². The molecule has 86 valence electrons. The molecule has 18 heavy (non-hydrogen) atoms. The van der Waals surface area contributed by atoms with Gasteiger partial charge in [0.05, 0.1) is 15.9 Å². The van der Waals surface area contributed by atoms with Crippen molar-refractivity contribution in [3.63, 3.8) is 0 Å². The lowest BCUT2D eigenvalue weighted by atomic mass is 10.2. The number of benzene rings is 2. The first-order chi connectivity index (χ1) is 8.86. The molecule has 0 aliphatic carbocycles. The molecule has 0 saturated heterocycles. The molecule has 2 aromatic carbocycles. The molecule has 2 aliphatic heterocycles. The summed E-state index contributed by atoms with van der Waals surface area (Å²) in [6.07, 6.45) is 0. The van der Waals surface area contributed by atoms with E-state index in [0.29, 0.717) is 0 Å². The summed E-state index contributed by atoms with van der Waals surface area (Å²) < 4.78 is 2.94. The van der Waals surface area contributed by atoms with Crippen molar-refractivity contribution in [1.82, 2.24) is 4.57 Å². The molecule has 0 aromatic heterocycles. The highest BCUT2D eigenvalue weighted by Gasteiger charge is 2.15. The Bertz CT molecular complexity index is 903. The first kappa shape index (κ1) is 9.85. The van der Waals surface area contributed by atoms with E-state index in [-0.39, 0.29) is 5.56 Å². The number of rotatable bonds is 0. The second-order valence-corrected chi connectivity index (χ2v) is 5.19. The van der Waals surface area contributed by atoms with Crippen LogP contribution in [0.4, 0.5) is 0 Å². The van der Waals surface area contributed by atoms with Crippen LogP contribution < -0.4 is 5.56 Å². The van der Waals surface area contributed by atoms with Gasteiger partial charge in [0, 0.05) is 16.2 Å². The normalized spacial score (nSPS) is 11.6. The zero-order valence-electron chi connectivity index (χ0n) is 9.46. The van der Waals surface area contributed by atoms with Gasteiger partial charge in [-0.25, -0.2) is 0 Å². The van der Waals surface area contributed by atoms with Gasteiger partial charge in [-0.1, -0.05) is 30.3 Å². The summed E-state index contributed by atoms with van der Waals surface area (Å²) in [5, 5.41) is 3.89. The van der Waals surface area contributed by atoms with E-state index in [2.05, 4.69) is 5.38 Å². The van der Waals surface area contributed by atoms with E-state index >= 15 is 0 Å². The summed E-state index contributed by atoms with van der Waals surface area (Å²) in [5.74, 6) is 0. The molecule has 0 amide bonds.